The van der Waals surface area contributed by atoms with Crippen LogP contribution < -0.4 is 14.8 Å². The van der Waals surface area contributed by atoms with Crippen molar-refractivity contribution in [2.24, 2.45) is 0 Å². The molecule has 0 unspecified atom stereocenters. The third-order valence-corrected chi connectivity index (χ3v) is 4.64. The molecule has 24 heavy (non-hydrogen) atoms. The molecule has 0 aliphatic carbocycles. The first-order valence-corrected chi connectivity index (χ1v) is 8.73. The SMILES string of the molecule is C[C@H](NC(=O)[C@@H](O)CN1CCCCC1)[C@H]1COc2ccccc2O1. The van der Waals surface area contributed by atoms with Gasteiger partial charge < -0.3 is 24.8 Å². The van der Waals surface area contributed by atoms with Crippen molar-refractivity contribution in [3.8, 4) is 11.5 Å². The maximum atomic E-state index is 12.2. The molecule has 0 radical (unpaired) electrons. The Balaban J connectivity index is 1.49. The number of β-amino-alcohol motifs (C(OH)–C–C–N with tert-alkyl or cyclic N) is 1. The highest BCUT2D eigenvalue weighted by atomic mass is 16.6. The Bertz CT molecular complexity index is 560. The molecule has 3 rings (SSSR count). The van der Waals surface area contributed by atoms with E-state index in [9.17, 15) is 9.90 Å². The molecule has 0 saturated carbocycles. The predicted molar refractivity (Wildman–Crippen MR) is 90.3 cm³/mol. The van der Waals surface area contributed by atoms with Gasteiger partial charge >= 0.3 is 0 Å². The van der Waals surface area contributed by atoms with Crippen LogP contribution in [0.15, 0.2) is 24.3 Å². The van der Waals surface area contributed by atoms with Crippen LogP contribution in [0.4, 0.5) is 0 Å². The second kappa shape index (κ2) is 7.85. The minimum absolute atomic E-state index is 0.248. The topological polar surface area (TPSA) is 71.0 Å². The number of hydrogen-bond donors (Lipinski definition) is 2. The van der Waals surface area contributed by atoms with Gasteiger partial charge in [-0.05, 0) is 45.0 Å². The zero-order chi connectivity index (χ0) is 16.9. The Kier molecular flexibility index (Phi) is 5.58. The molecule has 2 N–H and O–H groups in total. The molecule has 1 aromatic rings. The van der Waals surface area contributed by atoms with Crippen LogP contribution in [0.2, 0.25) is 0 Å². The smallest absolute Gasteiger partial charge is 0.250 e. The number of rotatable bonds is 5. The lowest BCUT2D eigenvalue weighted by Crippen LogP contribution is -2.52. The molecular weight excluding hydrogens is 308 g/mol. The van der Waals surface area contributed by atoms with E-state index in [4.69, 9.17) is 9.47 Å². The van der Waals surface area contributed by atoms with E-state index in [1.165, 1.54) is 6.42 Å². The summed E-state index contributed by atoms with van der Waals surface area (Å²) in [5.41, 5.74) is 0. The van der Waals surface area contributed by atoms with Gasteiger partial charge in [-0.1, -0.05) is 18.6 Å². The largest absolute Gasteiger partial charge is 0.486 e. The fraction of sp³-hybridized carbons (Fsp3) is 0.611. The number of benzene rings is 1. The van der Waals surface area contributed by atoms with Crippen LogP contribution in [0.1, 0.15) is 26.2 Å². The third kappa shape index (κ3) is 4.19. The number of hydrogen-bond acceptors (Lipinski definition) is 5. The molecule has 0 bridgehead atoms. The number of aliphatic hydroxyl groups is 1. The summed E-state index contributed by atoms with van der Waals surface area (Å²) >= 11 is 0. The van der Waals surface area contributed by atoms with Gasteiger partial charge in [0.05, 0.1) is 6.04 Å². The van der Waals surface area contributed by atoms with Crippen molar-refractivity contribution < 1.29 is 19.4 Å². The number of ether oxygens (including phenoxy) is 2. The van der Waals surface area contributed by atoms with E-state index in [-0.39, 0.29) is 18.1 Å². The minimum atomic E-state index is -1.01. The van der Waals surface area contributed by atoms with Gasteiger partial charge in [-0.15, -0.1) is 0 Å². The highest BCUT2D eigenvalue weighted by molar-refractivity contribution is 5.81. The average Bonchev–Trinajstić information content (AvgIpc) is 2.62. The first kappa shape index (κ1) is 17.0. The average molecular weight is 334 g/mol. The summed E-state index contributed by atoms with van der Waals surface area (Å²) in [5, 5.41) is 13.0. The molecule has 1 fully saturated rings. The lowest BCUT2D eigenvalue weighted by molar-refractivity contribution is -0.132. The molecule has 3 atom stereocenters. The Morgan fingerprint density at radius 1 is 1.29 bits per heavy atom. The summed E-state index contributed by atoms with van der Waals surface area (Å²) in [7, 11) is 0. The summed E-state index contributed by atoms with van der Waals surface area (Å²) in [4.78, 5) is 14.4. The Hall–Kier alpha value is -1.79. The number of nitrogens with one attached hydrogen (secondary N) is 1. The summed E-state index contributed by atoms with van der Waals surface area (Å²) < 4.78 is 11.6. The number of likely N-dealkylation sites (tertiary alicyclic amines) is 1. The van der Waals surface area contributed by atoms with Gasteiger partial charge in [0.2, 0.25) is 0 Å². The standard InChI is InChI=1S/C18H26N2O4/c1-13(17-12-23-15-7-3-4-8-16(15)24-17)19-18(22)14(21)11-20-9-5-2-6-10-20/h3-4,7-8,13-14,17,21H,2,5-6,9-12H2,1H3,(H,19,22)/t13-,14-,17+/m0/s1. The van der Waals surface area contributed by atoms with Crippen molar-refractivity contribution in [3.63, 3.8) is 0 Å². The molecule has 6 heteroatoms. The number of carbonyl (C=O) groups excluding carboxylic acids is 1. The maximum Gasteiger partial charge on any atom is 0.250 e. The first-order chi connectivity index (χ1) is 11.6. The lowest BCUT2D eigenvalue weighted by Gasteiger charge is -2.32. The van der Waals surface area contributed by atoms with Gasteiger partial charge in [-0.2, -0.15) is 0 Å². The van der Waals surface area contributed by atoms with Crippen LogP contribution in [0.25, 0.3) is 0 Å². The zero-order valence-corrected chi connectivity index (χ0v) is 14.1. The zero-order valence-electron chi connectivity index (χ0n) is 14.1. The Morgan fingerprint density at radius 3 is 2.75 bits per heavy atom. The number of amides is 1. The van der Waals surface area contributed by atoms with E-state index >= 15 is 0 Å². The first-order valence-electron chi connectivity index (χ1n) is 8.73. The van der Waals surface area contributed by atoms with E-state index in [1.807, 2.05) is 31.2 Å². The van der Waals surface area contributed by atoms with E-state index in [0.29, 0.717) is 18.9 Å². The van der Waals surface area contributed by atoms with Crippen LogP contribution in [-0.4, -0.2) is 60.4 Å². The molecule has 0 spiro atoms. The molecule has 132 valence electrons. The summed E-state index contributed by atoms with van der Waals surface area (Å²) in [6.45, 7) is 4.55. The lowest BCUT2D eigenvalue weighted by atomic mass is 10.1. The van der Waals surface area contributed by atoms with Gasteiger partial charge in [-0.3, -0.25) is 4.79 Å². The van der Waals surface area contributed by atoms with E-state index < -0.39 is 6.10 Å². The van der Waals surface area contributed by atoms with Crippen LogP contribution in [-0.2, 0) is 4.79 Å². The van der Waals surface area contributed by atoms with Crippen molar-refractivity contribution in [2.75, 3.05) is 26.2 Å². The molecule has 2 heterocycles. The summed E-state index contributed by atoms with van der Waals surface area (Å²) in [6, 6.07) is 7.24. The normalized spacial score (nSPS) is 23.3. The second-order valence-corrected chi connectivity index (χ2v) is 6.59. The van der Waals surface area contributed by atoms with Gasteiger partial charge in [0, 0.05) is 6.54 Å². The number of piperidine rings is 1. The number of nitrogens with zero attached hydrogens (tertiary/aromatic N) is 1. The molecule has 1 aromatic carbocycles. The highest BCUT2D eigenvalue weighted by Gasteiger charge is 2.29. The number of para-hydroxylation sites is 2. The highest BCUT2D eigenvalue weighted by Crippen LogP contribution is 2.31. The van der Waals surface area contributed by atoms with Crippen molar-refractivity contribution >= 4 is 5.91 Å². The van der Waals surface area contributed by atoms with Gasteiger partial charge in [0.1, 0.15) is 12.7 Å². The quantitative estimate of drug-likeness (QED) is 0.846. The summed E-state index contributed by atoms with van der Waals surface area (Å²) in [6.07, 6.45) is 2.22. The third-order valence-electron chi connectivity index (χ3n) is 4.64. The van der Waals surface area contributed by atoms with E-state index in [2.05, 4.69) is 10.2 Å². The Morgan fingerprint density at radius 2 is 2.00 bits per heavy atom. The predicted octanol–water partition coefficient (Wildman–Crippen LogP) is 1.18. The van der Waals surface area contributed by atoms with Crippen LogP contribution in [0, 0.1) is 0 Å². The number of carbonyl (C=O) groups is 1. The van der Waals surface area contributed by atoms with E-state index in [0.717, 1.165) is 31.7 Å². The van der Waals surface area contributed by atoms with E-state index in [1.54, 1.807) is 0 Å². The van der Waals surface area contributed by atoms with Gasteiger partial charge in [0.25, 0.3) is 5.91 Å². The summed E-state index contributed by atoms with van der Waals surface area (Å²) in [5.74, 6) is 1.05. The fourth-order valence-electron chi connectivity index (χ4n) is 3.17. The van der Waals surface area contributed by atoms with Crippen LogP contribution in [0.3, 0.4) is 0 Å². The van der Waals surface area contributed by atoms with Gasteiger partial charge in [-0.25, -0.2) is 0 Å². The fourth-order valence-corrected chi connectivity index (χ4v) is 3.17. The monoisotopic (exact) mass is 334 g/mol. The molecule has 1 saturated heterocycles. The number of fused-ring (bicyclic) bond motifs is 1. The van der Waals surface area contributed by atoms with Crippen LogP contribution in [0.5, 0.6) is 11.5 Å². The van der Waals surface area contributed by atoms with Crippen molar-refractivity contribution in [2.45, 2.75) is 44.4 Å². The molecule has 2 aliphatic heterocycles. The minimum Gasteiger partial charge on any atom is -0.486 e. The van der Waals surface area contributed by atoms with Crippen molar-refractivity contribution in [1.29, 1.82) is 0 Å². The molecule has 0 aromatic heterocycles. The molecule has 2 aliphatic rings. The molecular formula is C18H26N2O4. The van der Waals surface area contributed by atoms with Crippen molar-refractivity contribution in [3.05, 3.63) is 24.3 Å². The van der Waals surface area contributed by atoms with Crippen molar-refractivity contribution in [1.82, 2.24) is 10.2 Å². The second-order valence-electron chi connectivity index (χ2n) is 6.59. The maximum absolute atomic E-state index is 12.2. The Labute approximate surface area is 142 Å². The van der Waals surface area contributed by atoms with Crippen LogP contribution >= 0.6 is 0 Å². The molecule has 1 amide bonds. The molecule has 6 nitrogen and oxygen atoms in total. The van der Waals surface area contributed by atoms with Gasteiger partial charge in [0.15, 0.2) is 17.6 Å². The number of aliphatic hydroxyl groups excluding tert-OH is 1.